The number of unbranched alkanes of at least 4 members (excludes halogenated alkanes) is 2. The van der Waals surface area contributed by atoms with E-state index in [4.69, 9.17) is 97.5 Å². The molecule has 0 bridgehead atoms. The van der Waals surface area contributed by atoms with Crippen LogP contribution in [0.5, 0.6) is 5.75 Å². The van der Waals surface area contributed by atoms with Crippen molar-refractivity contribution in [2.45, 2.75) is 195 Å². The number of nitrogens with zero attached hydrogens (tertiary/aromatic N) is 6. The van der Waals surface area contributed by atoms with Crippen LogP contribution in [0.3, 0.4) is 0 Å². The van der Waals surface area contributed by atoms with Crippen LogP contribution in [0.1, 0.15) is 134 Å². The van der Waals surface area contributed by atoms with E-state index in [1.54, 1.807) is 12.1 Å². The zero-order valence-electron chi connectivity index (χ0n) is 62.1. The third kappa shape index (κ3) is 44.3. The van der Waals surface area contributed by atoms with Gasteiger partial charge in [-0.3, -0.25) is 87.5 Å². The normalized spacial score (nSPS) is 13.5. The van der Waals surface area contributed by atoms with Crippen molar-refractivity contribution in [3.05, 3.63) is 29.8 Å². The maximum atomic E-state index is 14.8. The third-order valence-corrected chi connectivity index (χ3v) is 16.1. The standard InChI is InChI=1S/C64H119N33O13/c65-25-3-1-11-40(91-51(103)39(14-6-28-83-60(72)73)89-48(100)34-88-50(102)37(67)33-35-19-21-36(98)22-20-35)53(105)92-41(12-2-4-26-66)54(106)94-43(16-8-30-85-62(76)77)55(107)95-45(18-10-32-87-64(80)81)57(109)97-46(23-24-47(68)99)58(110)96-44(17-9-31-86-63(78)79)56(108)93-42(15-7-29-84-61(74)75)52(104)90-38(49(69)101)13-5-27-82-59(70)71/h19-22,37-46,98H,1-18,23-34,65-67H2,(H2,68,99)(H2,69,101)(H,88,102)(H,89,100)(H,90,104)(H,91,103)(H,92,105)(H,93,108)(H,94,106)(H,95,107)(H,96,110)(H,97,109)(H4,70,71,82)(H4,72,73,83)(H4,74,75,84)(H4,76,77,85)(H4,78,79,86)(H4,80,81,87)/t37-,38-,39-,40-,41-,42-,43-,44-,45-,46-/m0/s1. The Kier molecular flexibility index (Phi) is 47.8. The van der Waals surface area contributed by atoms with Gasteiger partial charge in [-0.05, 0) is 159 Å². The molecule has 618 valence electrons. The molecule has 0 aromatic heterocycles. The maximum absolute atomic E-state index is 14.8. The van der Waals surface area contributed by atoms with E-state index in [1.807, 2.05) is 0 Å². The molecule has 1 aromatic rings. The largest absolute Gasteiger partial charge is 0.508 e. The molecule has 1 rings (SSSR count). The van der Waals surface area contributed by atoms with E-state index in [0.717, 1.165) is 0 Å². The molecule has 0 aliphatic heterocycles. The first-order valence-electron chi connectivity index (χ1n) is 35.9. The van der Waals surface area contributed by atoms with Gasteiger partial charge in [-0.2, -0.15) is 0 Å². The number of nitrogens with one attached hydrogen (secondary N) is 10. The van der Waals surface area contributed by atoms with Crippen LogP contribution in [-0.2, 0) is 64.0 Å². The van der Waals surface area contributed by atoms with Crippen LogP contribution in [0.2, 0.25) is 0 Å². The molecule has 0 fully saturated rings. The number of carbonyl (C=O) groups excluding carboxylic acids is 12. The molecule has 1 aromatic carbocycles. The molecule has 0 heterocycles. The fourth-order valence-electron chi connectivity index (χ4n) is 10.4. The molecule has 0 aliphatic carbocycles. The van der Waals surface area contributed by atoms with Crippen LogP contribution in [-0.4, -0.2) is 231 Å². The van der Waals surface area contributed by atoms with Crippen LogP contribution in [0.15, 0.2) is 54.2 Å². The summed E-state index contributed by atoms with van der Waals surface area (Å²) in [7, 11) is 0. The van der Waals surface area contributed by atoms with Crippen LogP contribution in [0.25, 0.3) is 0 Å². The summed E-state index contributed by atoms with van der Waals surface area (Å²) in [5.41, 5.74) is 96.1. The SMILES string of the molecule is NCCCC[C@H](NC(=O)[C@H](CCCN=C(N)N)NC(=O)CNC(=O)[C@@H](N)Cc1ccc(O)cc1)C(=O)N[C@@H](CCCCN)C(=O)N[C@@H](CCCN=C(N)N)C(=O)N[C@@H](CCCN=C(N)N)C(=O)N[C@@H](CCC(N)=O)C(=O)N[C@@H](CCCN=C(N)N)C(=O)N[C@@H](CCCN=C(N)N)C(=O)N[C@@H](CCCN=C(N)N)C(N)=O. The van der Waals surface area contributed by atoms with Crippen molar-refractivity contribution < 1.29 is 62.6 Å². The zero-order chi connectivity index (χ0) is 82.7. The van der Waals surface area contributed by atoms with Gasteiger partial charge in [0.15, 0.2) is 35.8 Å². The first-order valence-corrected chi connectivity index (χ1v) is 35.9. The lowest BCUT2D eigenvalue weighted by atomic mass is 10.0. The van der Waals surface area contributed by atoms with Crippen LogP contribution in [0, 0.1) is 0 Å². The number of amides is 12. The van der Waals surface area contributed by atoms with E-state index in [-0.39, 0.29) is 203 Å². The van der Waals surface area contributed by atoms with E-state index in [9.17, 15) is 62.6 Å². The van der Waals surface area contributed by atoms with E-state index >= 15 is 0 Å². The second-order valence-corrected chi connectivity index (χ2v) is 25.5. The van der Waals surface area contributed by atoms with Gasteiger partial charge in [0, 0.05) is 45.7 Å². The summed E-state index contributed by atoms with van der Waals surface area (Å²) in [6, 6.07) is -8.53. The number of carbonyl (C=O) groups is 12. The Bertz CT molecular complexity index is 3280. The average molecular weight is 1560 g/mol. The third-order valence-electron chi connectivity index (χ3n) is 16.1. The second kappa shape index (κ2) is 54.7. The van der Waals surface area contributed by atoms with Gasteiger partial charge in [0.25, 0.3) is 0 Å². The number of benzene rings is 1. The highest BCUT2D eigenvalue weighted by molar-refractivity contribution is 5.99. The highest BCUT2D eigenvalue weighted by Crippen LogP contribution is 2.14. The summed E-state index contributed by atoms with van der Waals surface area (Å²) < 4.78 is 0. The van der Waals surface area contributed by atoms with Crippen LogP contribution < -0.4 is 151 Å². The van der Waals surface area contributed by atoms with Crippen LogP contribution >= 0.6 is 0 Å². The van der Waals surface area contributed by atoms with Crippen molar-refractivity contribution in [3.8, 4) is 5.75 Å². The lowest BCUT2D eigenvalue weighted by Crippen LogP contribution is -2.60. The summed E-state index contributed by atoms with van der Waals surface area (Å²) in [5, 5.41) is 35.5. The fourth-order valence-corrected chi connectivity index (χ4v) is 10.4. The lowest BCUT2D eigenvalue weighted by Gasteiger charge is -2.28. The van der Waals surface area contributed by atoms with Gasteiger partial charge in [-0.15, -0.1) is 0 Å². The van der Waals surface area contributed by atoms with Gasteiger partial charge in [0.2, 0.25) is 70.9 Å². The molecule has 110 heavy (non-hydrogen) atoms. The highest BCUT2D eigenvalue weighted by atomic mass is 16.3. The molecular formula is C64H119N33O13. The fraction of sp³-hybridized carbons (Fsp3) is 0.625. The zero-order valence-corrected chi connectivity index (χ0v) is 62.1. The minimum atomic E-state index is -1.72. The number of phenols is 1. The first-order chi connectivity index (χ1) is 52.1. The van der Waals surface area contributed by atoms with Crippen molar-refractivity contribution in [3.63, 3.8) is 0 Å². The molecule has 10 atom stereocenters. The smallest absolute Gasteiger partial charge is 0.243 e. The number of hydrogen-bond acceptors (Lipinski definition) is 22. The van der Waals surface area contributed by atoms with Gasteiger partial charge >= 0.3 is 0 Å². The topological polar surface area (TPSA) is 862 Å². The lowest BCUT2D eigenvalue weighted by molar-refractivity contribution is -0.136. The molecule has 0 radical (unpaired) electrons. The number of rotatable bonds is 58. The number of guanidine groups is 6. The predicted molar refractivity (Wildman–Crippen MR) is 413 cm³/mol. The van der Waals surface area contributed by atoms with Crippen molar-refractivity contribution in [1.29, 1.82) is 0 Å². The molecule has 0 unspecified atom stereocenters. The minimum absolute atomic E-state index is 0.00469. The van der Waals surface area contributed by atoms with Gasteiger partial charge in [0.1, 0.15) is 60.1 Å². The van der Waals surface area contributed by atoms with Gasteiger partial charge in [-0.25, -0.2) is 0 Å². The number of aliphatic imine (C=N–C) groups is 6. The van der Waals surface area contributed by atoms with E-state index in [2.05, 4.69) is 83.1 Å². The Morgan fingerprint density at radius 2 is 0.564 bits per heavy atom. The van der Waals surface area contributed by atoms with Crippen LogP contribution in [0.4, 0.5) is 0 Å². The summed E-state index contributed by atoms with van der Waals surface area (Å²) in [6.07, 6.45) is -0.463. The molecule has 0 saturated heterocycles. The Morgan fingerprint density at radius 3 is 0.818 bits per heavy atom. The highest BCUT2D eigenvalue weighted by Gasteiger charge is 2.36. The first kappa shape index (κ1) is 96.2. The van der Waals surface area contributed by atoms with E-state index in [0.29, 0.717) is 18.4 Å². The molecule has 46 heteroatoms. The molecule has 0 aliphatic rings. The van der Waals surface area contributed by atoms with Crippen molar-refractivity contribution in [2.75, 3.05) is 58.9 Å². The summed E-state index contributed by atoms with van der Waals surface area (Å²) >= 11 is 0. The van der Waals surface area contributed by atoms with Gasteiger partial charge in [0.05, 0.1) is 12.6 Å². The number of hydrogen-bond donors (Lipinski definition) is 28. The Balaban J connectivity index is 3.89. The molecule has 0 saturated carbocycles. The predicted octanol–water partition coefficient (Wildman–Crippen LogP) is -11.9. The number of nitrogens with two attached hydrogens (primary N) is 17. The quantitative estimate of drug-likeness (QED) is 0.0164. The monoisotopic (exact) mass is 1560 g/mol. The van der Waals surface area contributed by atoms with Crippen molar-refractivity contribution >= 4 is 107 Å². The molecule has 45 N–H and O–H groups in total. The molecule has 0 spiro atoms. The summed E-state index contributed by atoms with van der Waals surface area (Å²) in [5.74, 6) is -12.7. The summed E-state index contributed by atoms with van der Waals surface area (Å²) in [4.78, 5) is 191. The average Bonchev–Trinajstić information content (AvgIpc) is 0.869. The molecular weight excluding hydrogens is 1440 g/mol. The Morgan fingerprint density at radius 1 is 0.318 bits per heavy atom. The minimum Gasteiger partial charge on any atom is -0.508 e. The number of phenolic OH excluding ortho intramolecular Hbond substituents is 1. The number of primary amides is 2. The summed E-state index contributed by atoms with van der Waals surface area (Å²) in [6.45, 7) is -0.458. The maximum Gasteiger partial charge on any atom is 0.243 e. The molecule has 12 amide bonds. The molecule has 46 nitrogen and oxygen atoms in total. The Labute approximate surface area is 637 Å². The number of aromatic hydroxyl groups is 1. The Hall–Kier alpha value is -11.8. The van der Waals surface area contributed by atoms with Gasteiger partial charge < -0.3 is 156 Å². The second-order valence-electron chi connectivity index (χ2n) is 25.5. The van der Waals surface area contributed by atoms with Crippen molar-refractivity contribution in [2.24, 2.45) is 127 Å². The van der Waals surface area contributed by atoms with Gasteiger partial charge in [-0.1, -0.05) is 12.1 Å². The van der Waals surface area contributed by atoms with E-state index < -0.39 is 151 Å². The van der Waals surface area contributed by atoms with Crippen molar-refractivity contribution in [1.82, 2.24) is 53.2 Å². The van der Waals surface area contributed by atoms with E-state index in [1.165, 1.54) is 12.1 Å².